The Bertz CT molecular complexity index is 549. The number of benzene rings is 1. The van der Waals surface area contributed by atoms with Crippen LogP contribution in [-0.4, -0.2) is 5.78 Å². The summed E-state index contributed by atoms with van der Waals surface area (Å²) >= 11 is 0. The van der Waals surface area contributed by atoms with Crippen LogP contribution in [0.15, 0.2) is 30.3 Å². The molecule has 2 heteroatoms. The highest BCUT2D eigenvalue weighted by Crippen LogP contribution is 2.60. The van der Waals surface area contributed by atoms with E-state index in [0.29, 0.717) is 5.78 Å². The van der Waals surface area contributed by atoms with Crippen molar-refractivity contribution >= 4 is 11.9 Å². The molecule has 0 atom stereocenters. The fraction of sp³-hybridized carbons (Fsp3) is 0.526. The topological polar surface area (TPSA) is 17.1 Å². The smallest absolute Gasteiger partial charge is 0.161 e. The first kappa shape index (κ1) is 13.2. The van der Waals surface area contributed by atoms with Gasteiger partial charge in [-0.1, -0.05) is 18.2 Å². The standard InChI is InChI=1S/C19H21FO/c20-17-4-1-13(2-5-17)3-6-18(21)19-10-14-7-15(11-19)9-16(8-14)12-19/h1-6,14-16H,7-12H2. The molecule has 0 aliphatic heterocycles. The minimum atomic E-state index is -0.237. The van der Waals surface area contributed by atoms with Gasteiger partial charge in [-0.15, -0.1) is 0 Å². The van der Waals surface area contributed by atoms with Crippen molar-refractivity contribution in [3.8, 4) is 0 Å². The van der Waals surface area contributed by atoms with Crippen LogP contribution in [-0.2, 0) is 4.79 Å². The third-order valence-electron chi connectivity index (χ3n) is 5.86. The van der Waals surface area contributed by atoms with E-state index < -0.39 is 0 Å². The monoisotopic (exact) mass is 284 g/mol. The summed E-state index contributed by atoms with van der Waals surface area (Å²) in [5.41, 5.74) is 0.833. The lowest BCUT2D eigenvalue weighted by molar-refractivity contribution is -0.138. The van der Waals surface area contributed by atoms with Crippen LogP contribution >= 0.6 is 0 Å². The molecule has 4 bridgehead atoms. The summed E-state index contributed by atoms with van der Waals surface area (Å²) in [5.74, 6) is 2.45. The molecule has 0 unspecified atom stereocenters. The molecule has 0 heterocycles. The molecule has 4 aliphatic carbocycles. The van der Waals surface area contributed by atoms with E-state index in [4.69, 9.17) is 0 Å². The van der Waals surface area contributed by atoms with E-state index in [0.717, 1.165) is 42.6 Å². The van der Waals surface area contributed by atoms with Crippen LogP contribution in [0, 0.1) is 29.0 Å². The fourth-order valence-electron chi connectivity index (χ4n) is 5.34. The maximum Gasteiger partial charge on any atom is 0.161 e. The summed E-state index contributed by atoms with van der Waals surface area (Å²) in [5, 5.41) is 0. The van der Waals surface area contributed by atoms with Crippen molar-refractivity contribution in [3.63, 3.8) is 0 Å². The second kappa shape index (κ2) is 4.79. The van der Waals surface area contributed by atoms with Crippen LogP contribution in [0.2, 0.25) is 0 Å². The van der Waals surface area contributed by atoms with Gasteiger partial charge in [-0.2, -0.15) is 0 Å². The number of ketones is 1. The highest BCUT2D eigenvalue weighted by atomic mass is 19.1. The Morgan fingerprint density at radius 1 is 1.00 bits per heavy atom. The first-order valence-electron chi connectivity index (χ1n) is 8.11. The maximum absolute atomic E-state index is 12.9. The first-order valence-corrected chi connectivity index (χ1v) is 8.11. The molecular formula is C19H21FO. The zero-order valence-electron chi connectivity index (χ0n) is 12.2. The maximum atomic E-state index is 12.9. The van der Waals surface area contributed by atoms with Crippen molar-refractivity contribution in [1.82, 2.24) is 0 Å². The first-order chi connectivity index (χ1) is 10.1. The Labute approximate surface area is 125 Å². The van der Waals surface area contributed by atoms with Crippen LogP contribution in [0.25, 0.3) is 6.08 Å². The second-order valence-electron chi connectivity index (χ2n) is 7.45. The molecule has 4 saturated carbocycles. The molecule has 0 aromatic heterocycles. The zero-order chi connectivity index (χ0) is 14.4. The van der Waals surface area contributed by atoms with Crippen molar-refractivity contribution in [2.24, 2.45) is 23.2 Å². The minimum Gasteiger partial charge on any atom is -0.294 e. The Balaban J connectivity index is 1.53. The molecular weight excluding hydrogens is 263 g/mol. The molecule has 1 aromatic rings. The number of halogens is 1. The van der Waals surface area contributed by atoms with Gasteiger partial charge in [0.25, 0.3) is 0 Å². The van der Waals surface area contributed by atoms with Crippen molar-refractivity contribution in [3.05, 3.63) is 41.7 Å². The molecule has 4 fully saturated rings. The van der Waals surface area contributed by atoms with Gasteiger partial charge in [-0.05, 0) is 80.1 Å². The molecule has 0 radical (unpaired) electrons. The number of allylic oxidation sites excluding steroid dienone is 1. The van der Waals surface area contributed by atoms with E-state index in [2.05, 4.69) is 0 Å². The van der Waals surface area contributed by atoms with E-state index in [1.54, 1.807) is 18.2 Å². The Morgan fingerprint density at radius 2 is 1.52 bits per heavy atom. The predicted octanol–water partition coefficient (Wildman–Crippen LogP) is 4.62. The number of hydrogen-bond donors (Lipinski definition) is 0. The molecule has 5 rings (SSSR count). The van der Waals surface area contributed by atoms with Gasteiger partial charge in [-0.25, -0.2) is 4.39 Å². The normalized spacial score (nSPS) is 37.3. The molecule has 110 valence electrons. The van der Waals surface area contributed by atoms with Gasteiger partial charge in [0.15, 0.2) is 5.78 Å². The van der Waals surface area contributed by atoms with Crippen LogP contribution in [0.5, 0.6) is 0 Å². The minimum absolute atomic E-state index is 0.0642. The molecule has 0 amide bonds. The summed E-state index contributed by atoms with van der Waals surface area (Å²) in [6, 6.07) is 6.32. The zero-order valence-corrected chi connectivity index (χ0v) is 12.2. The van der Waals surface area contributed by atoms with E-state index in [-0.39, 0.29) is 11.2 Å². The average Bonchev–Trinajstić information content (AvgIpc) is 2.45. The van der Waals surface area contributed by atoms with E-state index in [1.807, 2.05) is 6.08 Å². The van der Waals surface area contributed by atoms with Gasteiger partial charge in [-0.3, -0.25) is 4.79 Å². The van der Waals surface area contributed by atoms with Crippen molar-refractivity contribution in [2.75, 3.05) is 0 Å². The summed E-state index contributed by atoms with van der Waals surface area (Å²) in [6.45, 7) is 0. The Morgan fingerprint density at radius 3 is 2.05 bits per heavy atom. The Kier molecular flexibility index (Phi) is 3.02. The van der Waals surface area contributed by atoms with E-state index in [1.165, 1.54) is 31.4 Å². The molecule has 0 saturated heterocycles. The second-order valence-corrected chi connectivity index (χ2v) is 7.45. The third-order valence-corrected chi connectivity index (χ3v) is 5.86. The van der Waals surface area contributed by atoms with Crippen LogP contribution in [0.1, 0.15) is 44.1 Å². The number of carbonyl (C=O) groups excluding carboxylic acids is 1. The summed E-state index contributed by atoms with van der Waals surface area (Å²) in [6.07, 6.45) is 11.0. The molecule has 1 aromatic carbocycles. The SMILES string of the molecule is O=C(C=Cc1ccc(F)cc1)C12CC3CC(CC(C3)C1)C2. The van der Waals surface area contributed by atoms with Crippen LogP contribution in [0.3, 0.4) is 0 Å². The van der Waals surface area contributed by atoms with Gasteiger partial charge >= 0.3 is 0 Å². The van der Waals surface area contributed by atoms with Gasteiger partial charge in [0.1, 0.15) is 5.82 Å². The highest BCUT2D eigenvalue weighted by molar-refractivity contribution is 5.98. The summed E-state index contributed by atoms with van der Waals surface area (Å²) < 4.78 is 12.9. The van der Waals surface area contributed by atoms with Crippen molar-refractivity contribution in [1.29, 1.82) is 0 Å². The molecule has 0 spiro atoms. The summed E-state index contributed by atoms with van der Waals surface area (Å²) in [4.78, 5) is 12.8. The number of hydrogen-bond acceptors (Lipinski definition) is 1. The van der Waals surface area contributed by atoms with Gasteiger partial charge in [0.2, 0.25) is 0 Å². The lowest BCUT2D eigenvalue weighted by Gasteiger charge is -2.55. The van der Waals surface area contributed by atoms with Gasteiger partial charge in [0.05, 0.1) is 0 Å². The van der Waals surface area contributed by atoms with Crippen LogP contribution in [0.4, 0.5) is 4.39 Å². The lowest BCUT2D eigenvalue weighted by atomic mass is 9.48. The Hall–Kier alpha value is -1.44. The van der Waals surface area contributed by atoms with E-state index >= 15 is 0 Å². The average molecular weight is 284 g/mol. The highest BCUT2D eigenvalue weighted by Gasteiger charge is 2.53. The largest absolute Gasteiger partial charge is 0.294 e. The van der Waals surface area contributed by atoms with Crippen molar-refractivity contribution in [2.45, 2.75) is 38.5 Å². The molecule has 0 N–H and O–H groups in total. The number of carbonyl (C=O) groups is 1. The van der Waals surface area contributed by atoms with Crippen LogP contribution < -0.4 is 0 Å². The van der Waals surface area contributed by atoms with Gasteiger partial charge < -0.3 is 0 Å². The van der Waals surface area contributed by atoms with Crippen molar-refractivity contribution < 1.29 is 9.18 Å². The van der Waals surface area contributed by atoms with E-state index in [9.17, 15) is 9.18 Å². The molecule has 21 heavy (non-hydrogen) atoms. The number of rotatable bonds is 3. The summed E-state index contributed by atoms with van der Waals surface area (Å²) in [7, 11) is 0. The third kappa shape index (κ3) is 2.35. The predicted molar refractivity (Wildman–Crippen MR) is 81.0 cm³/mol. The van der Waals surface area contributed by atoms with Gasteiger partial charge in [0, 0.05) is 5.41 Å². The fourth-order valence-corrected chi connectivity index (χ4v) is 5.34. The molecule has 4 aliphatic rings. The lowest BCUT2D eigenvalue weighted by Crippen LogP contribution is -2.49. The quantitative estimate of drug-likeness (QED) is 0.740. The molecule has 1 nitrogen and oxygen atoms in total.